The molecule has 2 heterocycles. The van der Waals surface area contributed by atoms with E-state index in [1.807, 2.05) is 0 Å². The summed E-state index contributed by atoms with van der Waals surface area (Å²) in [5.41, 5.74) is 3.51. The highest BCUT2D eigenvalue weighted by Gasteiger charge is 2.34. The number of benzene rings is 2. The number of anilines is 2. The molecule has 43 heavy (non-hydrogen) atoms. The minimum absolute atomic E-state index is 0.0134. The highest BCUT2D eigenvalue weighted by Crippen LogP contribution is 2.38. The maximum Gasteiger partial charge on any atom is 0.321 e. The lowest BCUT2D eigenvalue weighted by molar-refractivity contribution is -0.143. The third-order valence-corrected chi connectivity index (χ3v) is 7.60. The number of ether oxygens (including phenoxy) is 1. The van der Waals surface area contributed by atoms with E-state index in [0.29, 0.717) is 30.3 Å². The number of nitrogen functional groups attached to an aromatic ring is 1. The minimum Gasteiger partial charge on any atom is -0.442 e. The number of aryl methyl sites for hydroxylation is 1. The largest absolute Gasteiger partial charge is 0.442 e. The van der Waals surface area contributed by atoms with E-state index in [-0.39, 0.29) is 34.6 Å². The van der Waals surface area contributed by atoms with E-state index in [9.17, 15) is 26.4 Å². The number of sulfonamides is 1. The van der Waals surface area contributed by atoms with Crippen molar-refractivity contribution in [2.45, 2.75) is 11.4 Å². The Morgan fingerprint density at radius 3 is 2.47 bits per heavy atom. The number of rotatable bonds is 11. The van der Waals surface area contributed by atoms with Crippen LogP contribution in [0.5, 0.6) is 0 Å². The summed E-state index contributed by atoms with van der Waals surface area (Å²) in [7, 11) is -2.14. The Bertz CT molecular complexity index is 1770. The van der Waals surface area contributed by atoms with Crippen LogP contribution in [0.1, 0.15) is 0 Å². The van der Waals surface area contributed by atoms with Crippen molar-refractivity contribution in [1.29, 1.82) is 0 Å². The van der Waals surface area contributed by atoms with Gasteiger partial charge in [-0.2, -0.15) is 5.10 Å². The quantitative estimate of drug-likeness (QED) is 0.151. The molecule has 0 saturated carbocycles. The van der Waals surface area contributed by atoms with Gasteiger partial charge in [0.15, 0.2) is 12.5 Å². The molecule has 0 atom stereocenters. The normalized spacial score (nSPS) is 11.6. The summed E-state index contributed by atoms with van der Waals surface area (Å²) in [6.07, 6.45) is 2.52. The Morgan fingerprint density at radius 2 is 1.79 bits per heavy atom. The van der Waals surface area contributed by atoms with Gasteiger partial charge < -0.3 is 10.5 Å². The number of alkyl halides is 1. The van der Waals surface area contributed by atoms with Gasteiger partial charge in [-0.3, -0.25) is 14.4 Å². The second-order valence-corrected chi connectivity index (χ2v) is 11.0. The maximum atomic E-state index is 16.4. The van der Waals surface area contributed by atoms with Gasteiger partial charge in [-0.05, 0) is 50.5 Å². The van der Waals surface area contributed by atoms with Crippen LogP contribution in [0.25, 0.3) is 22.5 Å². The molecule has 2 aromatic heterocycles. The number of aromatic nitrogens is 4. The van der Waals surface area contributed by atoms with E-state index in [4.69, 9.17) is 10.5 Å². The molecule has 0 amide bonds. The molecule has 0 aliphatic heterocycles. The van der Waals surface area contributed by atoms with Gasteiger partial charge in [0.2, 0.25) is 5.95 Å². The molecule has 0 radical (unpaired) electrons. The van der Waals surface area contributed by atoms with Crippen LogP contribution in [0.15, 0.2) is 53.7 Å². The van der Waals surface area contributed by atoms with Crippen LogP contribution in [0.3, 0.4) is 0 Å². The Hall–Kier alpha value is -4.64. The third-order valence-electron chi connectivity index (χ3n) is 5.85. The molecule has 2 aromatic carbocycles. The van der Waals surface area contributed by atoms with Crippen molar-refractivity contribution in [3.05, 3.63) is 72.1 Å². The summed E-state index contributed by atoms with van der Waals surface area (Å²) < 4.78 is 107. The molecular formula is C26H24F5N7O4S. The van der Waals surface area contributed by atoms with Gasteiger partial charge in [0.1, 0.15) is 34.7 Å². The number of nitrogens with two attached hydrogens (primary N) is 1. The topological polar surface area (TPSA) is 137 Å². The summed E-state index contributed by atoms with van der Waals surface area (Å²) in [4.78, 5) is 20.2. The average Bonchev–Trinajstić information content (AvgIpc) is 3.34. The van der Waals surface area contributed by atoms with Gasteiger partial charge in [-0.15, -0.1) is 0 Å². The zero-order valence-corrected chi connectivity index (χ0v) is 23.5. The summed E-state index contributed by atoms with van der Waals surface area (Å²) in [6.45, 7) is -2.70. The summed E-state index contributed by atoms with van der Waals surface area (Å²) in [5.74, 6) is -6.39. The van der Waals surface area contributed by atoms with Gasteiger partial charge in [-0.25, -0.2) is 44.6 Å². The first-order valence-corrected chi connectivity index (χ1v) is 13.8. The predicted molar refractivity (Wildman–Crippen MR) is 145 cm³/mol. The minimum atomic E-state index is -5.18. The molecule has 228 valence electrons. The number of halogens is 5. The first-order valence-electron chi connectivity index (χ1n) is 12.3. The fourth-order valence-electron chi connectivity index (χ4n) is 3.97. The molecule has 0 unspecified atom stereocenters. The molecule has 17 heteroatoms. The molecule has 0 aliphatic carbocycles. The van der Waals surface area contributed by atoms with Gasteiger partial charge >= 0.3 is 5.97 Å². The molecule has 0 bridgehead atoms. The Morgan fingerprint density at radius 1 is 1.07 bits per heavy atom. The van der Waals surface area contributed by atoms with Crippen molar-refractivity contribution >= 4 is 27.6 Å². The smallest absolute Gasteiger partial charge is 0.321 e. The van der Waals surface area contributed by atoms with Crippen molar-refractivity contribution in [3.63, 3.8) is 0 Å². The van der Waals surface area contributed by atoms with E-state index < -0.39 is 74.5 Å². The lowest BCUT2D eigenvalue weighted by atomic mass is 10.0. The van der Waals surface area contributed by atoms with Crippen LogP contribution in [0.2, 0.25) is 0 Å². The van der Waals surface area contributed by atoms with Crippen LogP contribution < -0.4 is 10.0 Å². The fraction of sp³-hybridized carbons (Fsp3) is 0.231. The zero-order valence-electron chi connectivity index (χ0n) is 22.6. The van der Waals surface area contributed by atoms with Crippen LogP contribution in [-0.4, -0.2) is 73.1 Å². The van der Waals surface area contributed by atoms with Crippen molar-refractivity contribution < 1.29 is 39.9 Å². The highest BCUT2D eigenvalue weighted by molar-refractivity contribution is 7.92. The van der Waals surface area contributed by atoms with Gasteiger partial charge in [-0.1, -0.05) is 0 Å². The lowest BCUT2D eigenvalue weighted by Crippen LogP contribution is -2.37. The monoisotopic (exact) mass is 625 g/mol. The molecule has 0 aliphatic rings. The summed E-state index contributed by atoms with van der Waals surface area (Å²) in [6, 6.07) is 4.33. The molecule has 2 N–H and O–H groups in total. The van der Waals surface area contributed by atoms with Gasteiger partial charge in [0.05, 0.1) is 30.0 Å². The zero-order chi connectivity index (χ0) is 31.5. The first-order chi connectivity index (χ1) is 20.3. The van der Waals surface area contributed by atoms with E-state index in [2.05, 4.69) is 15.1 Å². The number of carbonyl (C=O) groups is 1. The second-order valence-electron chi connectivity index (χ2n) is 9.21. The standard InChI is InChI=1S/C26H24F5N7O4S/c1-36(2)13-22(39)42-14-38(43(40,41)21-11-15(28)3-4-17(21)29)20-6-5-18(30)23(24(20)31)25-16(12-37(35-25)10-8-27)19-7-9-33-26(32)34-19/h3-7,9,11-12H,8,10,13-14H2,1-2H3,(H2,32,33,34). The van der Waals surface area contributed by atoms with E-state index >= 15 is 8.78 Å². The first kappa shape index (κ1) is 31.3. The van der Waals surface area contributed by atoms with Crippen molar-refractivity contribution in [1.82, 2.24) is 24.6 Å². The van der Waals surface area contributed by atoms with Crippen molar-refractivity contribution in [3.8, 4) is 22.5 Å². The number of hydrogen-bond donors (Lipinski definition) is 1. The third kappa shape index (κ3) is 6.72. The average molecular weight is 626 g/mol. The number of esters is 1. The molecular weight excluding hydrogens is 601 g/mol. The predicted octanol–water partition coefficient (Wildman–Crippen LogP) is 3.37. The molecule has 0 saturated heterocycles. The summed E-state index contributed by atoms with van der Waals surface area (Å²) >= 11 is 0. The Kier molecular flexibility index (Phi) is 9.24. The van der Waals surface area contributed by atoms with Crippen molar-refractivity contribution in [2.24, 2.45) is 0 Å². The number of hydrogen-bond acceptors (Lipinski definition) is 9. The highest BCUT2D eigenvalue weighted by atomic mass is 32.2. The molecule has 4 aromatic rings. The lowest BCUT2D eigenvalue weighted by Gasteiger charge is -2.25. The maximum absolute atomic E-state index is 16.4. The summed E-state index contributed by atoms with van der Waals surface area (Å²) in [5, 5.41) is 4.08. The fourth-order valence-corrected chi connectivity index (χ4v) is 5.37. The van der Waals surface area contributed by atoms with Crippen molar-refractivity contribution in [2.75, 3.05) is 44.1 Å². The van der Waals surface area contributed by atoms with Crippen LogP contribution in [-0.2, 0) is 26.1 Å². The van der Waals surface area contributed by atoms with E-state index in [1.165, 1.54) is 37.5 Å². The van der Waals surface area contributed by atoms with E-state index in [1.54, 1.807) is 0 Å². The molecule has 0 fully saturated rings. The Labute approximate surface area is 242 Å². The number of carbonyl (C=O) groups excluding carboxylic acids is 1. The van der Waals surface area contributed by atoms with Crippen LogP contribution >= 0.6 is 0 Å². The molecule has 4 rings (SSSR count). The molecule has 0 spiro atoms. The molecule has 11 nitrogen and oxygen atoms in total. The SMILES string of the molecule is CN(C)CC(=O)OCN(c1ccc(F)c(-c2nn(CCF)cc2-c2ccnc(N)n2)c1F)S(=O)(=O)c1cc(F)ccc1F. The Balaban J connectivity index is 1.93. The van der Waals surface area contributed by atoms with Gasteiger partial charge in [0.25, 0.3) is 10.0 Å². The van der Waals surface area contributed by atoms with Gasteiger partial charge in [0, 0.05) is 18.0 Å². The van der Waals surface area contributed by atoms with E-state index in [0.717, 1.165) is 4.68 Å². The number of likely N-dealkylation sites (N-methyl/N-ethyl adjacent to an activating group) is 1. The second kappa shape index (κ2) is 12.7. The van der Waals surface area contributed by atoms with Crippen LogP contribution in [0, 0.1) is 23.3 Å². The number of nitrogens with zero attached hydrogens (tertiary/aromatic N) is 6. The van der Waals surface area contributed by atoms with Crippen LogP contribution in [0.4, 0.5) is 33.6 Å².